The highest BCUT2D eigenvalue weighted by atomic mass is 32.2. The van der Waals surface area contributed by atoms with Gasteiger partial charge in [-0.25, -0.2) is 12.7 Å². The lowest BCUT2D eigenvalue weighted by atomic mass is 10.1. The van der Waals surface area contributed by atoms with E-state index in [-0.39, 0.29) is 10.8 Å². The van der Waals surface area contributed by atoms with Crippen LogP contribution in [0.5, 0.6) is 11.5 Å². The van der Waals surface area contributed by atoms with Gasteiger partial charge in [0.2, 0.25) is 10.0 Å². The van der Waals surface area contributed by atoms with Gasteiger partial charge in [0, 0.05) is 26.3 Å². The van der Waals surface area contributed by atoms with Crippen LogP contribution in [0.1, 0.15) is 18.9 Å². The molecule has 0 spiro atoms. The molecule has 7 nitrogen and oxygen atoms in total. The van der Waals surface area contributed by atoms with E-state index in [4.69, 9.17) is 9.47 Å². The van der Waals surface area contributed by atoms with E-state index < -0.39 is 16.1 Å². The Morgan fingerprint density at radius 2 is 1.86 bits per heavy atom. The van der Waals surface area contributed by atoms with Crippen LogP contribution in [0.4, 0.5) is 5.69 Å². The number of methoxy groups -OCH3 is 1. The van der Waals surface area contributed by atoms with Crippen molar-refractivity contribution in [2.45, 2.75) is 30.8 Å². The van der Waals surface area contributed by atoms with Crippen molar-refractivity contribution in [3.63, 3.8) is 0 Å². The van der Waals surface area contributed by atoms with Crippen molar-refractivity contribution < 1.29 is 22.7 Å². The summed E-state index contributed by atoms with van der Waals surface area (Å²) in [5.74, 6) is 0.932. The van der Waals surface area contributed by atoms with E-state index in [0.29, 0.717) is 30.9 Å². The Morgan fingerprint density at radius 1 is 1.17 bits per heavy atom. The first-order valence-electron chi connectivity index (χ1n) is 9.46. The summed E-state index contributed by atoms with van der Waals surface area (Å²) < 4.78 is 37.2. The number of hydrogen-bond acceptors (Lipinski definition) is 5. The topological polar surface area (TPSA) is 76.1 Å². The van der Waals surface area contributed by atoms with E-state index in [2.05, 4.69) is 0 Å². The number of anilines is 1. The summed E-state index contributed by atoms with van der Waals surface area (Å²) >= 11 is 0. The highest BCUT2D eigenvalue weighted by molar-refractivity contribution is 7.89. The smallest absolute Gasteiger partial charge is 0.268 e. The lowest BCUT2D eigenvalue weighted by Crippen LogP contribution is -2.41. The van der Waals surface area contributed by atoms with E-state index in [1.807, 2.05) is 19.1 Å². The number of sulfonamides is 1. The van der Waals surface area contributed by atoms with Gasteiger partial charge in [0.25, 0.3) is 5.91 Å². The fourth-order valence-electron chi connectivity index (χ4n) is 3.33. The Bertz CT molecular complexity index is 1000. The molecule has 3 rings (SSSR count). The number of nitrogens with zero attached hydrogens (tertiary/aromatic N) is 2. The average Bonchev–Trinajstić information content (AvgIpc) is 3.14. The van der Waals surface area contributed by atoms with Crippen molar-refractivity contribution in [3.8, 4) is 11.5 Å². The molecule has 1 heterocycles. The predicted octanol–water partition coefficient (Wildman–Crippen LogP) is 2.69. The molecular formula is C21H26N2O5S. The largest absolute Gasteiger partial charge is 0.493 e. The number of fused-ring (bicyclic) bond motifs is 1. The zero-order chi connectivity index (χ0) is 21.2. The first kappa shape index (κ1) is 21.1. The van der Waals surface area contributed by atoms with Crippen molar-refractivity contribution in [3.05, 3.63) is 48.0 Å². The van der Waals surface area contributed by atoms with Crippen molar-refractivity contribution in [1.29, 1.82) is 0 Å². The van der Waals surface area contributed by atoms with Crippen LogP contribution in [-0.2, 0) is 21.2 Å². The second kappa shape index (κ2) is 8.42. The summed E-state index contributed by atoms with van der Waals surface area (Å²) in [6.45, 7) is 2.38. The Balaban J connectivity index is 1.84. The van der Waals surface area contributed by atoms with Gasteiger partial charge in [0.1, 0.15) is 0 Å². The third-order valence-electron chi connectivity index (χ3n) is 4.98. The number of hydrogen-bond donors (Lipinski definition) is 0. The maximum Gasteiger partial charge on any atom is 0.268 e. The van der Waals surface area contributed by atoms with Crippen LogP contribution < -0.4 is 14.4 Å². The number of rotatable bonds is 7. The van der Waals surface area contributed by atoms with Crippen LogP contribution in [0.25, 0.3) is 0 Å². The zero-order valence-electron chi connectivity index (χ0n) is 17.1. The number of carbonyl (C=O) groups is 1. The molecule has 2 aromatic carbocycles. The molecule has 0 fully saturated rings. The van der Waals surface area contributed by atoms with Gasteiger partial charge >= 0.3 is 0 Å². The minimum atomic E-state index is -3.51. The number of para-hydroxylation sites is 2. The quantitative estimate of drug-likeness (QED) is 0.691. The summed E-state index contributed by atoms with van der Waals surface area (Å²) in [6, 6.07) is 12.1. The van der Waals surface area contributed by atoms with Crippen molar-refractivity contribution in [1.82, 2.24) is 4.31 Å². The molecule has 0 aliphatic carbocycles. The second-order valence-corrected chi connectivity index (χ2v) is 9.14. The lowest BCUT2D eigenvalue weighted by molar-refractivity contribution is -0.125. The standard InChI is InChI=1S/C21H26N2O5S/c1-5-18(28-20-9-7-6-8-19(20)27-4)21(24)23-13-12-15-14-16(10-11-17(15)23)29(25,26)22(2)3/h6-11,14,18H,5,12-13H2,1-4H3/t18-/m1/s1. The average molecular weight is 419 g/mol. The van der Waals surface area contributed by atoms with Gasteiger partial charge in [0.05, 0.1) is 12.0 Å². The molecule has 0 aromatic heterocycles. The van der Waals surface area contributed by atoms with Crippen LogP contribution in [0.2, 0.25) is 0 Å². The fourth-order valence-corrected chi connectivity index (χ4v) is 4.28. The summed E-state index contributed by atoms with van der Waals surface area (Å²) in [5, 5.41) is 0. The highest BCUT2D eigenvalue weighted by Crippen LogP contribution is 2.33. The minimum absolute atomic E-state index is 0.152. The molecule has 0 N–H and O–H groups in total. The fraction of sp³-hybridized carbons (Fsp3) is 0.381. The van der Waals surface area contributed by atoms with E-state index in [9.17, 15) is 13.2 Å². The molecule has 1 atom stereocenters. The van der Waals surface area contributed by atoms with E-state index in [1.165, 1.54) is 18.4 Å². The van der Waals surface area contributed by atoms with Gasteiger partial charge < -0.3 is 14.4 Å². The zero-order valence-corrected chi connectivity index (χ0v) is 17.9. The molecule has 2 aromatic rings. The monoisotopic (exact) mass is 418 g/mol. The normalized spacial score (nSPS) is 14.6. The lowest BCUT2D eigenvalue weighted by Gasteiger charge is -2.25. The minimum Gasteiger partial charge on any atom is -0.493 e. The molecule has 0 radical (unpaired) electrons. The summed E-state index contributed by atoms with van der Waals surface area (Å²) in [6.07, 6.45) is 0.432. The Hall–Kier alpha value is -2.58. The molecule has 0 saturated carbocycles. The molecule has 0 saturated heterocycles. The van der Waals surface area contributed by atoms with Crippen LogP contribution >= 0.6 is 0 Å². The van der Waals surface area contributed by atoms with Gasteiger partial charge in [-0.15, -0.1) is 0 Å². The third kappa shape index (κ3) is 4.09. The third-order valence-corrected chi connectivity index (χ3v) is 6.79. The SMILES string of the molecule is CC[C@@H](Oc1ccccc1OC)C(=O)N1CCc2cc(S(=O)(=O)N(C)C)ccc21. The summed E-state index contributed by atoms with van der Waals surface area (Å²) in [5.41, 5.74) is 1.57. The Kier molecular flexibility index (Phi) is 6.14. The number of carbonyl (C=O) groups excluding carboxylic acids is 1. The van der Waals surface area contributed by atoms with Gasteiger partial charge in [-0.1, -0.05) is 19.1 Å². The Labute approximate surface area is 171 Å². The van der Waals surface area contributed by atoms with Crippen molar-refractivity contribution in [2.75, 3.05) is 32.6 Å². The van der Waals surface area contributed by atoms with Crippen LogP contribution in [0.15, 0.2) is 47.4 Å². The maximum atomic E-state index is 13.2. The number of amides is 1. The molecule has 156 valence electrons. The molecule has 1 aliphatic heterocycles. The number of ether oxygens (including phenoxy) is 2. The highest BCUT2D eigenvalue weighted by Gasteiger charge is 2.32. The first-order chi connectivity index (χ1) is 13.8. The summed E-state index contributed by atoms with van der Waals surface area (Å²) in [7, 11) is 1.04. The van der Waals surface area contributed by atoms with Gasteiger partial charge in [-0.3, -0.25) is 4.79 Å². The second-order valence-electron chi connectivity index (χ2n) is 6.98. The summed E-state index contributed by atoms with van der Waals surface area (Å²) in [4.78, 5) is 15.1. The number of benzene rings is 2. The first-order valence-corrected chi connectivity index (χ1v) is 10.9. The van der Waals surface area contributed by atoms with Crippen LogP contribution in [0.3, 0.4) is 0 Å². The van der Waals surface area contributed by atoms with Crippen molar-refractivity contribution >= 4 is 21.6 Å². The molecule has 29 heavy (non-hydrogen) atoms. The predicted molar refractivity (Wildman–Crippen MR) is 111 cm³/mol. The van der Waals surface area contributed by atoms with Gasteiger partial charge in [0.15, 0.2) is 17.6 Å². The van der Waals surface area contributed by atoms with E-state index in [1.54, 1.807) is 42.3 Å². The molecule has 1 aliphatic rings. The van der Waals surface area contributed by atoms with Crippen molar-refractivity contribution in [2.24, 2.45) is 0 Å². The maximum absolute atomic E-state index is 13.2. The van der Waals surface area contributed by atoms with Gasteiger partial charge in [-0.2, -0.15) is 0 Å². The molecule has 1 amide bonds. The van der Waals surface area contributed by atoms with Crippen LogP contribution in [0, 0.1) is 0 Å². The molecule has 0 unspecified atom stereocenters. The van der Waals surface area contributed by atoms with E-state index >= 15 is 0 Å². The Morgan fingerprint density at radius 3 is 2.48 bits per heavy atom. The van der Waals surface area contributed by atoms with E-state index in [0.717, 1.165) is 11.3 Å². The molecule has 0 bridgehead atoms. The molecule has 8 heteroatoms. The van der Waals surface area contributed by atoms with Gasteiger partial charge in [-0.05, 0) is 48.7 Å². The van der Waals surface area contributed by atoms with Crippen LogP contribution in [-0.4, -0.2) is 52.5 Å². The molecular weight excluding hydrogens is 392 g/mol.